The number of nitrogens with two attached hydrogens (primary N) is 7. The molecule has 1 aromatic rings. The number of anilines is 3. The second-order valence-electron chi connectivity index (χ2n) is 2.21. The second kappa shape index (κ2) is 13.1. The highest BCUT2D eigenvalue weighted by Crippen LogP contribution is 1.97. The van der Waals surface area contributed by atoms with Crippen molar-refractivity contribution in [3.05, 3.63) is 0 Å². The zero-order chi connectivity index (χ0) is 16.0. The summed E-state index contributed by atoms with van der Waals surface area (Å²) in [4.78, 5) is 27.5. The number of hydrogen-bond donors (Lipinski definition) is 7. The lowest BCUT2D eigenvalue weighted by atomic mass is 10.9. The van der Waals surface area contributed by atoms with Crippen LogP contribution < -0.4 is 40.1 Å². The van der Waals surface area contributed by atoms with Crippen LogP contribution >= 0.6 is 12.2 Å². The van der Waals surface area contributed by atoms with E-state index in [1.54, 1.807) is 0 Å². The van der Waals surface area contributed by atoms with Crippen LogP contribution in [-0.4, -0.2) is 32.9 Å². The Bertz CT molecular complexity index is 329. The number of rotatable bonds is 0. The molecule has 0 aliphatic rings. The van der Waals surface area contributed by atoms with Crippen LogP contribution in [0.5, 0.6) is 0 Å². The average molecular weight is 292 g/mol. The lowest BCUT2D eigenvalue weighted by Crippen LogP contribution is -2.18. The summed E-state index contributed by atoms with van der Waals surface area (Å²) >= 11 is 4.09. The number of nitrogens with zero attached hydrogens (tertiary/aromatic N) is 3. The molecule has 0 aliphatic heterocycles. The van der Waals surface area contributed by atoms with Crippen LogP contribution in [0.1, 0.15) is 0 Å². The van der Waals surface area contributed by atoms with E-state index in [2.05, 4.69) is 50.1 Å². The molecule has 19 heavy (non-hydrogen) atoms. The zero-order valence-corrected chi connectivity index (χ0v) is 10.6. The van der Waals surface area contributed by atoms with Gasteiger partial charge >= 0.3 is 6.03 Å². The second-order valence-corrected chi connectivity index (χ2v) is 2.69. The Labute approximate surface area is 113 Å². The number of carbonyl (C=O) groups excluding carboxylic acids is 2. The number of aromatic nitrogens is 3. The van der Waals surface area contributed by atoms with Gasteiger partial charge in [-0.15, -0.1) is 0 Å². The molecule has 0 spiro atoms. The maximum atomic E-state index is 9.00. The van der Waals surface area contributed by atoms with Gasteiger partial charge in [-0.25, -0.2) is 4.79 Å². The predicted molar refractivity (Wildman–Crippen MR) is 74.9 cm³/mol. The standard InChI is InChI=1S/C3H6N6.CH4N2O.CH4N2S.CH2O/c4-1-7-2(5)9-3(6)8-1;2*2-1(3)4;1-2/h(H6,4,5,6,7,8,9);2*(H4,2,3,4);1H2. The van der Waals surface area contributed by atoms with Crippen molar-refractivity contribution in [2.75, 3.05) is 17.2 Å². The summed E-state index contributed by atoms with van der Waals surface area (Å²) in [5.41, 5.74) is 33.2. The Hall–Kier alpha value is -2.96. The molecule has 0 fully saturated rings. The normalized spacial score (nSPS) is 7.16. The highest BCUT2D eigenvalue weighted by molar-refractivity contribution is 7.80. The fourth-order valence-corrected chi connectivity index (χ4v) is 0.427. The molecular weight excluding hydrogens is 276 g/mol. The predicted octanol–water partition coefficient (Wildman–Crippen LogP) is -3.35. The highest BCUT2D eigenvalue weighted by Gasteiger charge is 1.93. The highest BCUT2D eigenvalue weighted by atomic mass is 32.1. The Morgan fingerprint density at radius 2 is 0.947 bits per heavy atom. The molecule has 2 amide bonds. The third-order valence-corrected chi connectivity index (χ3v) is 0.687. The summed E-state index contributed by atoms with van der Waals surface area (Å²) in [6, 6.07) is -0.833. The van der Waals surface area contributed by atoms with E-state index in [4.69, 9.17) is 26.8 Å². The number of amides is 2. The Morgan fingerprint density at radius 3 is 1.05 bits per heavy atom. The minimum Gasteiger partial charge on any atom is -0.377 e. The number of nitrogen functional groups attached to an aromatic ring is 3. The van der Waals surface area contributed by atoms with E-state index in [1.165, 1.54) is 0 Å². The van der Waals surface area contributed by atoms with Crippen molar-refractivity contribution < 1.29 is 9.59 Å². The number of hydrogen-bond acceptors (Lipinski definition) is 9. The molecule has 13 heteroatoms. The third-order valence-electron chi connectivity index (χ3n) is 0.687. The summed E-state index contributed by atoms with van der Waals surface area (Å²) < 4.78 is 0. The molecule has 1 rings (SSSR count). The van der Waals surface area contributed by atoms with Gasteiger partial charge in [-0.2, -0.15) is 15.0 Å². The fraction of sp³-hybridized carbons (Fsp3) is 0. The summed E-state index contributed by atoms with van der Waals surface area (Å²) in [5, 5.41) is 0.000000000000000222. The van der Waals surface area contributed by atoms with E-state index in [9.17, 15) is 0 Å². The number of carbonyl (C=O) groups is 2. The maximum absolute atomic E-state index is 9.00. The van der Waals surface area contributed by atoms with E-state index in [0.717, 1.165) is 0 Å². The number of thiocarbonyl (C=S) groups is 1. The Kier molecular flexibility index (Phi) is 14.7. The van der Waals surface area contributed by atoms with Crippen LogP contribution in [0.4, 0.5) is 22.6 Å². The Balaban J connectivity index is -0.000000217. The smallest absolute Gasteiger partial charge is 0.309 e. The zero-order valence-electron chi connectivity index (χ0n) is 9.81. The first-order valence-electron chi connectivity index (χ1n) is 4.06. The minimum atomic E-state index is -0.833. The minimum absolute atomic E-state index is 0.000000000000000222. The molecule has 0 aliphatic carbocycles. The van der Waals surface area contributed by atoms with Gasteiger partial charge in [0.05, 0.1) is 0 Å². The van der Waals surface area contributed by atoms with Crippen LogP contribution in [0.3, 0.4) is 0 Å². The van der Waals surface area contributed by atoms with Crippen molar-refractivity contribution in [2.24, 2.45) is 22.9 Å². The summed E-state index contributed by atoms with van der Waals surface area (Å²) in [5.74, 6) is 0.125. The number of primary amides is 2. The molecule has 0 radical (unpaired) electrons. The molecule has 0 bridgehead atoms. The van der Waals surface area contributed by atoms with Gasteiger partial charge in [0, 0.05) is 0 Å². The number of urea groups is 1. The molecule has 0 saturated carbocycles. The van der Waals surface area contributed by atoms with Crippen LogP contribution in [0, 0.1) is 0 Å². The first-order valence-corrected chi connectivity index (χ1v) is 4.47. The van der Waals surface area contributed by atoms with Crippen molar-refractivity contribution in [3.63, 3.8) is 0 Å². The lowest BCUT2D eigenvalue weighted by Gasteiger charge is -1.93. The summed E-state index contributed by atoms with van der Waals surface area (Å²) in [7, 11) is 0. The topological polar surface area (TPSA) is 255 Å². The van der Waals surface area contributed by atoms with Crippen molar-refractivity contribution in [1.29, 1.82) is 0 Å². The van der Waals surface area contributed by atoms with E-state index in [0.29, 0.717) is 0 Å². The van der Waals surface area contributed by atoms with Crippen molar-refractivity contribution in [1.82, 2.24) is 15.0 Å². The van der Waals surface area contributed by atoms with E-state index in [1.807, 2.05) is 6.79 Å². The maximum Gasteiger partial charge on any atom is 0.309 e. The molecular formula is C6H16N10O2S. The lowest BCUT2D eigenvalue weighted by molar-refractivity contribution is -0.0979. The van der Waals surface area contributed by atoms with E-state index in [-0.39, 0.29) is 23.0 Å². The molecule has 108 valence electrons. The van der Waals surface area contributed by atoms with Crippen molar-refractivity contribution in [2.45, 2.75) is 0 Å². The molecule has 1 heterocycles. The third kappa shape index (κ3) is 31.3. The van der Waals surface area contributed by atoms with Gasteiger partial charge < -0.3 is 44.9 Å². The first-order chi connectivity index (χ1) is 8.65. The van der Waals surface area contributed by atoms with Gasteiger partial charge in [0.1, 0.15) is 6.79 Å². The molecule has 12 nitrogen and oxygen atoms in total. The largest absolute Gasteiger partial charge is 0.377 e. The average Bonchev–Trinajstić information content (AvgIpc) is 2.16. The summed E-state index contributed by atoms with van der Waals surface area (Å²) in [6.45, 7) is 2.00. The van der Waals surface area contributed by atoms with E-state index < -0.39 is 6.03 Å². The quantitative estimate of drug-likeness (QED) is 0.232. The molecule has 1 aromatic heterocycles. The van der Waals surface area contributed by atoms with Crippen molar-refractivity contribution >= 4 is 48.0 Å². The van der Waals surface area contributed by atoms with Gasteiger partial charge in [0.2, 0.25) is 17.8 Å². The summed E-state index contributed by atoms with van der Waals surface area (Å²) in [6.07, 6.45) is 0. The molecule has 0 atom stereocenters. The van der Waals surface area contributed by atoms with Gasteiger partial charge in [0.15, 0.2) is 5.11 Å². The van der Waals surface area contributed by atoms with E-state index >= 15 is 0 Å². The van der Waals surface area contributed by atoms with Crippen LogP contribution in [-0.2, 0) is 4.79 Å². The first kappa shape index (κ1) is 21.3. The van der Waals surface area contributed by atoms with Gasteiger partial charge in [-0.1, -0.05) is 0 Å². The molecule has 0 unspecified atom stereocenters. The van der Waals surface area contributed by atoms with Gasteiger partial charge in [-0.3, -0.25) is 0 Å². The SMILES string of the molecule is C=O.NC(N)=O.NC(N)=S.Nc1nc(N)nc(N)n1. The Morgan fingerprint density at radius 1 is 0.842 bits per heavy atom. The van der Waals surface area contributed by atoms with Crippen LogP contribution in [0.25, 0.3) is 0 Å². The van der Waals surface area contributed by atoms with Gasteiger partial charge in [0.25, 0.3) is 0 Å². The monoisotopic (exact) mass is 292 g/mol. The fourth-order valence-electron chi connectivity index (χ4n) is 0.427. The van der Waals surface area contributed by atoms with Crippen LogP contribution in [0.15, 0.2) is 0 Å². The van der Waals surface area contributed by atoms with Crippen LogP contribution in [0.2, 0.25) is 0 Å². The molecule has 0 aromatic carbocycles. The molecule has 0 saturated heterocycles. The van der Waals surface area contributed by atoms with Gasteiger partial charge in [-0.05, 0) is 12.2 Å². The molecule has 14 N–H and O–H groups in total. The van der Waals surface area contributed by atoms with Crippen molar-refractivity contribution in [3.8, 4) is 0 Å².